The van der Waals surface area contributed by atoms with Crippen LogP contribution >= 0.6 is 0 Å². The summed E-state index contributed by atoms with van der Waals surface area (Å²) in [5.41, 5.74) is 2.12. The van der Waals surface area contributed by atoms with Crippen LogP contribution in [0.5, 0.6) is 5.75 Å². The molecule has 0 saturated heterocycles. The Labute approximate surface area is 151 Å². The van der Waals surface area contributed by atoms with Gasteiger partial charge in [0.2, 0.25) is 0 Å². The van der Waals surface area contributed by atoms with Crippen molar-refractivity contribution in [3.05, 3.63) is 46.9 Å². The van der Waals surface area contributed by atoms with E-state index in [0.29, 0.717) is 17.0 Å². The molecular weight excluding hydrogens is 332 g/mol. The van der Waals surface area contributed by atoms with E-state index in [-0.39, 0.29) is 29.9 Å². The second-order valence-electron chi connectivity index (χ2n) is 7.85. The lowest BCUT2D eigenvalue weighted by Crippen LogP contribution is -2.36. The maximum atomic E-state index is 12.8. The maximum absolute atomic E-state index is 12.8. The number of fused-ring (bicyclic) bond motifs is 2. The van der Waals surface area contributed by atoms with Gasteiger partial charge in [-0.05, 0) is 43.0 Å². The standard InChI is InChI=1S/C20H22N2O4/c1-11-6-13-15(8-20(2,3)9-17(13)26-11)22-19(24)12-4-5-16-14(7-12)21-18(23)10-25-16/h4-7,15H,8-10H2,1-3H3,(H,21,23)(H,22,24). The van der Waals surface area contributed by atoms with E-state index in [4.69, 9.17) is 9.15 Å². The van der Waals surface area contributed by atoms with Crippen LogP contribution in [0, 0.1) is 12.3 Å². The number of aryl methyl sites for hydroxylation is 1. The lowest BCUT2D eigenvalue weighted by atomic mass is 9.74. The second-order valence-corrected chi connectivity index (χ2v) is 7.85. The number of rotatable bonds is 2. The average molecular weight is 354 g/mol. The maximum Gasteiger partial charge on any atom is 0.262 e. The molecule has 2 aromatic rings. The lowest BCUT2D eigenvalue weighted by Gasteiger charge is -2.34. The van der Waals surface area contributed by atoms with Crippen molar-refractivity contribution < 1.29 is 18.7 Å². The molecule has 0 radical (unpaired) electrons. The summed E-state index contributed by atoms with van der Waals surface area (Å²) in [6, 6.07) is 6.98. The van der Waals surface area contributed by atoms with Gasteiger partial charge in [0, 0.05) is 17.5 Å². The first kappa shape index (κ1) is 16.7. The van der Waals surface area contributed by atoms with Crippen LogP contribution in [-0.4, -0.2) is 18.4 Å². The Kier molecular flexibility index (Phi) is 3.79. The third-order valence-corrected chi connectivity index (χ3v) is 4.92. The normalized spacial score (nSPS) is 20.4. The Hall–Kier alpha value is -2.76. The number of carbonyl (C=O) groups excluding carboxylic acids is 2. The lowest BCUT2D eigenvalue weighted by molar-refractivity contribution is -0.118. The van der Waals surface area contributed by atoms with Crippen molar-refractivity contribution in [2.45, 2.75) is 39.7 Å². The number of nitrogens with one attached hydrogen (secondary N) is 2. The molecule has 1 aromatic carbocycles. The second kappa shape index (κ2) is 5.90. The highest BCUT2D eigenvalue weighted by Gasteiger charge is 2.35. The molecule has 1 unspecified atom stereocenters. The molecule has 6 heteroatoms. The summed E-state index contributed by atoms with van der Waals surface area (Å²) < 4.78 is 11.2. The summed E-state index contributed by atoms with van der Waals surface area (Å²) in [4.78, 5) is 24.3. The monoisotopic (exact) mass is 354 g/mol. The molecule has 1 aliphatic heterocycles. The minimum atomic E-state index is -0.220. The Balaban J connectivity index is 1.58. The Morgan fingerprint density at radius 2 is 2.12 bits per heavy atom. The fourth-order valence-corrected chi connectivity index (χ4v) is 3.78. The van der Waals surface area contributed by atoms with Gasteiger partial charge in [-0.1, -0.05) is 13.8 Å². The average Bonchev–Trinajstić information content (AvgIpc) is 2.93. The van der Waals surface area contributed by atoms with Crippen LogP contribution in [0.1, 0.15) is 53.8 Å². The van der Waals surface area contributed by atoms with Crippen molar-refractivity contribution in [2.24, 2.45) is 5.41 Å². The van der Waals surface area contributed by atoms with Gasteiger partial charge in [-0.3, -0.25) is 9.59 Å². The minimum absolute atomic E-state index is 0.00167. The Bertz CT molecular complexity index is 897. The Morgan fingerprint density at radius 3 is 2.92 bits per heavy atom. The van der Waals surface area contributed by atoms with Gasteiger partial charge in [-0.25, -0.2) is 0 Å². The summed E-state index contributed by atoms with van der Waals surface area (Å²) >= 11 is 0. The van der Waals surface area contributed by atoms with Crippen LogP contribution in [0.4, 0.5) is 5.69 Å². The van der Waals surface area contributed by atoms with Gasteiger partial charge in [0.05, 0.1) is 11.7 Å². The topological polar surface area (TPSA) is 80.6 Å². The number of ether oxygens (including phenoxy) is 1. The quantitative estimate of drug-likeness (QED) is 0.866. The van der Waals surface area contributed by atoms with E-state index < -0.39 is 0 Å². The molecule has 1 aromatic heterocycles. The minimum Gasteiger partial charge on any atom is -0.482 e. The van der Waals surface area contributed by atoms with E-state index in [2.05, 4.69) is 24.5 Å². The smallest absolute Gasteiger partial charge is 0.262 e. The molecule has 4 rings (SSSR count). The molecule has 1 aliphatic carbocycles. The van der Waals surface area contributed by atoms with Gasteiger partial charge in [0.1, 0.15) is 17.3 Å². The molecule has 2 amide bonds. The third-order valence-electron chi connectivity index (χ3n) is 4.92. The van der Waals surface area contributed by atoms with Gasteiger partial charge >= 0.3 is 0 Å². The molecule has 26 heavy (non-hydrogen) atoms. The molecular formula is C20H22N2O4. The van der Waals surface area contributed by atoms with Crippen molar-refractivity contribution in [1.82, 2.24) is 5.32 Å². The molecule has 136 valence electrons. The van der Waals surface area contributed by atoms with Crippen LogP contribution in [-0.2, 0) is 11.2 Å². The van der Waals surface area contributed by atoms with Gasteiger partial charge in [0.15, 0.2) is 6.61 Å². The summed E-state index contributed by atoms with van der Waals surface area (Å²) in [5.74, 6) is 1.99. The molecule has 1 atom stereocenters. The summed E-state index contributed by atoms with van der Waals surface area (Å²) in [5, 5.41) is 5.86. The van der Waals surface area contributed by atoms with Crippen LogP contribution in [0.15, 0.2) is 28.7 Å². The number of carbonyl (C=O) groups is 2. The van der Waals surface area contributed by atoms with Crippen molar-refractivity contribution in [3.63, 3.8) is 0 Å². The highest BCUT2D eigenvalue weighted by atomic mass is 16.5. The zero-order valence-electron chi connectivity index (χ0n) is 15.1. The van der Waals surface area contributed by atoms with Gasteiger partial charge in [0.25, 0.3) is 11.8 Å². The largest absolute Gasteiger partial charge is 0.482 e. The Morgan fingerprint density at radius 1 is 1.31 bits per heavy atom. The van der Waals surface area contributed by atoms with E-state index in [0.717, 1.165) is 29.9 Å². The summed E-state index contributed by atoms with van der Waals surface area (Å²) in [7, 11) is 0. The van der Waals surface area contributed by atoms with Crippen LogP contribution in [0.25, 0.3) is 0 Å². The van der Waals surface area contributed by atoms with Gasteiger partial charge in [-0.15, -0.1) is 0 Å². The van der Waals surface area contributed by atoms with E-state index in [1.54, 1.807) is 18.2 Å². The van der Waals surface area contributed by atoms with Crippen molar-refractivity contribution >= 4 is 17.5 Å². The van der Waals surface area contributed by atoms with Crippen LogP contribution in [0.2, 0.25) is 0 Å². The van der Waals surface area contributed by atoms with E-state index in [1.165, 1.54) is 0 Å². The number of furan rings is 1. The summed E-state index contributed by atoms with van der Waals surface area (Å²) in [6.07, 6.45) is 1.71. The van der Waals surface area contributed by atoms with Crippen LogP contribution in [0.3, 0.4) is 0 Å². The van der Waals surface area contributed by atoms with Crippen LogP contribution < -0.4 is 15.4 Å². The van der Waals surface area contributed by atoms with E-state index in [9.17, 15) is 9.59 Å². The van der Waals surface area contributed by atoms with Crippen molar-refractivity contribution in [2.75, 3.05) is 11.9 Å². The fourth-order valence-electron chi connectivity index (χ4n) is 3.78. The van der Waals surface area contributed by atoms with Gasteiger partial charge < -0.3 is 19.8 Å². The molecule has 2 aliphatic rings. The summed E-state index contributed by atoms with van der Waals surface area (Å²) in [6.45, 7) is 6.28. The number of hydrogen-bond donors (Lipinski definition) is 2. The highest BCUT2D eigenvalue weighted by Crippen LogP contribution is 2.42. The molecule has 0 fully saturated rings. The number of hydrogen-bond acceptors (Lipinski definition) is 4. The molecule has 0 spiro atoms. The highest BCUT2D eigenvalue weighted by molar-refractivity contribution is 6.00. The fraction of sp³-hybridized carbons (Fsp3) is 0.400. The van der Waals surface area contributed by atoms with Crippen molar-refractivity contribution in [3.8, 4) is 5.75 Å². The predicted octanol–water partition coefficient (Wildman–Crippen LogP) is 3.36. The zero-order valence-corrected chi connectivity index (χ0v) is 15.1. The predicted molar refractivity (Wildman–Crippen MR) is 96.3 cm³/mol. The zero-order chi connectivity index (χ0) is 18.5. The van der Waals surface area contributed by atoms with Gasteiger partial charge in [-0.2, -0.15) is 0 Å². The number of anilines is 1. The van der Waals surface area contributed by atoms with E-state index >= 15 is 0 Å². The molecule has 0 saturated carbocycles. The first-order valence-electron chi connectivity index (χ1n) is 8.77. The first-order valence-corrected chi connectivity index (χ1v) is 8.77. The van der Waals surface area contributed by atoms with Crippen molar-refractivity contribution in [1.29, 1.82) is 0 Å². The molecule has 2 N–H and O–H groups in total. The number of amides is 2. The molecule has 2 heterocycles. The number of benzene rings is 1. The third kappa shape index (κ3) is 3.07. The molecule has 0 bridgehead atoms. The molecule has 6 nitrogen and oxygen atoms in total. The first-order chi connectivity index (χ1) is 12.3. The van der Waals surface area contributed by atoms with E-state index in [1.807, 2.05) is 13.0 Å². The SMILES string of the molecule is Cc1cc2c(o1)CC(C)(C)CC2NC(=O)c1ccc2c(c1)NC(=O)CO2.